The van der Waals surface area contributed by atoms with E-state index in [1.54, 1.807) is 0 Å². The Kier molecular flexibility index (Phi) is 6.88. The summed E-state index contributed by atoms with van der Waals surface area (Å²) < 4.78 is 2.88. The molecule has 1 aliphatic rings. The molecular formula is C23H24Cl2N6OS2. The second-order valence-electron chi connectivity index (χ2n) is 8.99. The second-order valence-corrected chi connectivity index (χ2v) is 11.9. The third kappa shape index (κ3) is 4.98. The van der Waals surface area contributed by atoms with E-state index < -0.39 is 0 Å². The average molecular weight is 536 g/mol. The van der Waals surface area contributed by atoms with E-state index >= 15 is 0 Å². The Balaban J connectivity index is 1.46. The van der Waals surface area contributed by atoms with Gasteiger partial charge in [-0.15, -0.1) is 11.3 Å². The SMILES string of the molecule is CC(C)Cc1nc2cnc(-c3nc(Cl)cs3)cc2n1[C@@H]1CCC[C@H](NC(=O)c2ncc(Cl)s2)C1. The minimum Gasteiger partial charge on any atom is -0.347 e. The first kappa shape index (κ1) is 23.7. The molecule has 0 bridgehead atoms. The lowest BCUT2D eigenvalue weighted by molar-refractivity contribution is 0.0920. The number of nitrogens with one attached hydrogen (secondary N) is 1. The molecule has 0 aliphatic heterocycles. The molecule has 1 saturated carbocycles. The van der Waals surface area contributed by atoms with Crippen molar-refractivity contribution in [2.75, 3.05) is 0 Å². The summed E-state index contributed by atoms with van der Waals surface area (Å²) in [5.41, 5.74) is 2.73. The summed E-state index contributed by atoms with van der Waals surface area (Å²) in [7, 11) is 0. The van der Waals surface area contributed by atoms with Gasteiger partial charge in [0.25, 0.3) is 5.91 Å². The van der Waals surface area contributed by atoms with Gasteiger partial charge in [0.15, 0.2) is 5.01 Å². The molecule has 1 fully saturated rings. The van der Waals surface area contributed by atoms with Crippen LogP contribution in [-0.2, 0) is 6.42 Å². The third-order valence-electron chi connectivity index (χ3n) is 5.95. The number of imidazole rings is 1. The number of carbonyl (C=O) groups is 1. The van der Waals surface area contributed by atoms with Crippen LogP contribution in [0, 0.1) is 5.92 Å². The van der Waals surface area contributed by atoms with Gasteiger partial charge >= 0.3 is 0 Å². The number of thiazole rings is 2. The lowest BCUT2D eigenvalue weighted by Gasteiger charge is -2.32. The van der Waals surface area contributed by atoms with E-state index in [0.29, 0.717) is 20.4 Å². The fraction of sp³-hybridized carbons (Fsp3) is 0.435. The topological polar surface area (TPSA) is 85.6 Å². The minimum absolute atomic E-state index is 0.0670. The van der Waals surface area contributed by atoms with Crippen LogP contribution < -0.4 is 5.32 Å². The Morgan fingerprint density at radius 3 is 2.79 bits per heavy atom. The van der Waals surface area contributed by atoms with E-state index in [1.807, 2.05) is 11.6 Å². The summed E-state index contributed by atoms with van der Waals surface area (Å²) >= 11 is 14.7. The second kappa shape index (κ2) is 9.89. The van der Waals surface area contributed by atoms with Gasteiger partial charge < -0.3 is 9.88 Å². The molecule has 0 unspecified atom stereocenters. The fourth-order valence-electron chi connectivity index (χ4n) is 4.59. The van der Waals surface area contributed by atoms with Gasteiger partial charge in [-0.3, -0.25) is 9.78 Å². The molecule has 178 valence electrons. The maximum atomic E-state index is 12.7. The van der Waals surface area contributed by atoms with Gasteiger partial charge in [0.2, 0.25) is 0 Å². The lowest BCUT2D eigenvalue weighted by atomic mass is 9.90. The molecule has 4 aromatic rings. The van der Waals surface area contributed by atoms with Crippen molar-refractivity contribution in [3.63, 3.8) is 0 Å². The van der Waals surface area contributed by atoms with Crippen LogP contribution >= 0.6 is 45.9 Å². The average Bonchev–Trinajstić information content (AvgIpc) is 3.51. The highest BCUT2D eigenvalue weighted by Crippen LogP contribution is 2.35. The Hall–Kier alpha value is -2.07. The molecule has 1 amide bonds. The smallest absolute Gasteiger partial charge is 0.280 e. The van der Waals surface area contributed by atoms with E-state index in [2.05, 4.69) is 44.7 Å². The van der Waals surface area contributed by atoms with Crippen LogP contribution in [0.2, 0.25) is 9.49 Å². The van der Waals surface area contributed by atoms with Crippen LogP contribution in [0.25, 0.3) is 21.7 Å². The van der Waals surface area contributed by atoms with Crippen molar-refractivity contribution in [3.8, 4) is 10.7 Å². The molecule has 4 heterocycles. The van der Waals surface area contributed by atoms with E-state index in [9.17, 15) is 4.79 Å². The normalized spacial score (nSPS) is 18.6. The van der Waals surface area contributed by atoms with Crippen LogP contribution in [-0.4, -0.2) is 36.5 Å². The standard InChI is InChI=1S/C23H24Cl2N6OS2/c1-12(2)6-20-29-16-9-26-15(22-30-18(24)11-33-22)8-17(16)31(20)14-5-3-4-13(7-14)28-21(32)23-27-10-19(25)34-23/h8-14H,3-7H2,1-2H3,(H,28,32)/t13-,14+/m0/s1. The zero-order chi connectivity index (χ0) is 23.8. The Morgan fingerprint density at radius 2 is 2.09 bits per heavy atom. The highest BCUT2D eigenvalue weighted by Gasteiger charge is 2.29. The van der Waals surface area contributed by atoms with Crippen LogP contribution in [0.4, 0.5) is 0 Å². The number of aromatic nitrogens is 5. The summed E-state index contributed by atoms with van der Waals surface area (Å²) in [5.74, 6) is 1.37. The van der Waals surface area contributed by atoms with Crippen LogP contribution in [0.15, 0.2) is 23.8 Å². The molecule has 1 N–H and O–H groups in total. The first-order valence-electron chi connectivity index (χ1n) is 11.3. The molecule has 11 heteroatoms. The molecule has 34 heavy (non-hydrogen) atoms. The quantitative estimate of drug-likeness (QED) is 0.308. The van der Waals surface area contributed by atoms with Gasteiger partial charge in [0.05, 0.1) is 17.9 Å². The van der Waals surface area contributed by atoms with Crippen LogP contribution in [0.5, 0.6) is 0 Å². The van der Waals surface area contributed by atoms with Gasteiger partial charge in [-0.1, -0.05) is 48.4 Å². The number of pyridine rings is 1. The number of halogens is 2. The van der Waals surface area contributed by atoms with Crippen molar-refractivity contribution in [2.24, 2.45) is 5.92 Å². The van der Waals surface area contributed by atoms with Crippen molar-refractivity contribution >= 4 is 62.8 Å². The van der Waals surface area contributed by atoms with Crippen LogP contribution in [0.1, 0.15) is 61.2 Å². The third-order valence-corrected chi connectivity index (χ3v) is 8.26. The molecule has 1 aliphatic carbocycles. The minimum atomic E-state index is -0.160. The zero-order valence-electron chi connectivity index (χ0n) is 18.8. The summed E-state index contributed by atoms with van der Waals surface area (Å²) in [5, 5.41) is 6.65. The fourth-order valence-corrected chi connectivity index (χ4v) is 6.32. The molecule has 0 spiro atoms. The predicted octanol–water partition coefficient (Wildman–Crippen LogP) is 6.43. The van der Waals surface area contributed by atoms with E-state index in [1.165, 1.54) is 28.9 Å². The van der Waals surface area contributed by atoms with E-state index in [4.69, 9.17) is 28.2 Å². The molecule has 4 aromatic heterocycles. The lowest BCUT2D eigenvalue weighted by Crippen LogP contribution is -2.39. The maximum Gasteiger partial charge on any atom is 0.280 e. The summed E-state index contributed by atoms with van der Waals surface area (Å²) in [6.07, 6.45) is 8.05. The molecule has 0 radical (unpaired) electrons. The number of amides is 1. The molecule has 2 atom stereocenters. The van der Waals surface area contributed by atoms with Crippen molar-refractivity contribution < 1.29 is 4.79 Å². The Labute approximate surface area is 215 Å². The van der Waals surface area contributed by atoms with Gasteiger partial charge in [0, 0.05) is 23.9 Å². The van der Waals surface area contributed by atoms with E-state index in [-0.39, 0.29) is 18.0 Å². The largest absolute Gasteiger partial charge is 0.347 e. The van der Waals surface area contributed by atoms with Gasteiger partial charge in [-0.05, 0) is 37.7 Å². The first-order valence-corrected chi connectivity index (χ1v) is 13.7. The highest BCUT2D eigenvalue weighted by atomic mass is 35.5. The number of nitrogens with zero attached hydrogens (tertiary/aromatic N) is 5. The predicted molar refractivity (Wildman–Crippen MR) is 138 cm³/mol. The van der Waals surface area contributed by atoms with Crippen LogP contribution in [0.3, 0.4) is 0 Å². The van der Waals surface area contributed by atoms with Gasteiger partial charge in [-0.25, -0.2) is 15.0 Å². The van der Waals surface area contributed by atoms with Gasteiger partial charge in [-0.2, -0.15) is 0 Å². The number of fused-ring (bicyclic) bond motifs is 1. The van der Waals surface area contributed by atoms with Crippen molar-refractivity contribution in [1.82, 2.24) is 29.8 Å². The van der Waals surface area contributed by atoms with Crippen molar-refractivity contribution in [3.05, 3.63) is 44.2 Å². The number of carbonyl (C=O) groups excluding carboxylic acids is 1. The highest BCUT2D eigenvalue weighted by molar-refractivity contribution is 7.17. The number of rotatable bonds is 6. The summed E-state index contributed by atoms with van der Waals surface area (Å²) in [6.45, 7) is 4.40. The van der Waals surface area contributed by atoms with E-state index in [0.717, 1.165) is 59.7 Å². The van der Waals surface area contributed by atoms with Gasteiger partial charge in [0.1, 0.15) is 31.5 Å². The molecular weight excluding hydrogens is 511 g/mol. The molecule has 5 rings (SSSR count). The first-order chi connectivity index (χ1) is 16.4. The number of hydrogen-bond acceptors (Lipinski definition) is 7. The zero-order valence-corrected chi connectivity index (χ0v) is 21.9. The van der Waals surface area contributed by atoms with Crippen molar-refractivity contribution in [2.45, 2.75) is 58.0 Å². The Morgan fingerprint density at radius 1 is 1.24 bits per heavy atom. The molecule has 7 nitrogen and oxygen atoms in total. The molecule has 0 aromatic carbocycles. The Bertz CT molecular complexity index is 1330. The van der Waals surface area contributed by atoms with Crippen molar-refractivity contribution in [1.29, 1.82) is 0 Å². The number of hydrogen-bond donors (Lipinski definition) is 1. The molecule has 0 saturated heterocycles. The summed E-state index contributed by atoms with van der Waals surface area (Å²) in [6, 6.07) is 2.37. The monoisotopic (exact) mass is 534 g/mol. The maximum absolute atomic E-state index is 12.7. The summed E-state index contributed by atoms with van der Waals surface area (Å²) in [4.78, 5) is 30.7.